The van der Waals surface area contributed by atoms with Gasteiger partial charge in [0.25, 0.3) is 0 Å². The molecule has 5 nitrogen and oxygen atoms in total. The Balaban J connectivity index is 0.00000176. The maximum absolute atomic E-state index is 11.5. The Morgan fingerprint density at radius 1 is 1.07 bits per heavy atom. The molecular weight excluding hydrogens is 410 g/mol. The molecule has 0 unspecified atom stereocenters. The summed E-state index contributed by atoms with van der Waals surface area (Å²) in [5.41, 5.74) is 2.70. The van der Waals surface area contributed by atoms with Gasteiger partial charge in [-0.15, -0.1) is 0 Å². The van der Waals surface area contributed by atoms with Gasteiger partial charge in [0.15, 0.2) is 0 Å². The summed E-state index contributed by atoms with van der Waals surface area (Å²) in [6.45, 7) is 7.61. The lowest BCUT2D eigenvalue weighted by Crippen LogP contribution is -2.22. The number of hydrogen-bond donors (Lipinski definition) is 1. The second kappa shape index (κ2) is 12.5. The van der Waals surface area contributed by atoms with Gasteiger partial charge in [-0.1, -0.05) is 41.9 Å². The van der Waals surface area contributed by atoms with Crippen LogP contribution in [0, 0.1) is 0 Å². The van der Waals surface area contributed by atoms with Crippen LogP contribution in [0.25, 0.3) is 0 Å². The SMILES string of the molecule is CCN(CC)Cc1cc(Br)ccc1OCc1ccc(C(=O)OC)cc1.CO. The maximum atomic E-state index is 11.5. The Morgan fingerprint density at radius 3 is 2.26 bits per heavy atom. The first-order chi connectivity index (χ1) is 13.1. The predicted molar refractivity (Wildman–Crippen MR) is 111 cm³/mol. The summed E-state index contributed by atoms with van der Waals surface area (Å²) >= 11 is 3.54. The predicted octanol–water partition coefficient (Wildman–Crippen LogP) is 4.27. The van der Waals surface area contributed by atoms with E-state index in [0.29, 0.717) is 12.2 Å². The fourth-order valence-corrected chi connectivity index (χ4v) is 2.92. The number of nitrogens with zero attached hydrogens (tertiary/aromatic N) is 1. The summed E-state index contributed by atoms with van der Waals surface area (Å²) in [6, 6.07) is 13.4. The first-order valence-electron chi connectivity index (χ1n) is 8.82. The molecule has 0 heterocycles. The molecule has 0 aliphatic heterocycles. The second-order valence-electron chi connectivity index (χ2n) is 5.69. The van der Waals surface area contributed by atoms with Crippen molar-refractivity contribution in [2.45, 2.75) is 27.0 Å². The molecule has 2 aromatic rings. The van der Waals surface area contributed by atoms with Crippen molar-refractivity contribution in [2.75, 3.05) is 27.3 Å². The van der Waals surface area contributed by atoms with Gasteiger partial charge < -0.3 is 14.6 Å². The van der Waals surface area contributed by atoms with Crippen LogP contribution < -0.4 is 4.74 Å². The van der Waals surface area contributed by atoms with Crippen molar-refractivity contribution < 1.29 is 19.4 Å². The summed E-state index contributed by atoms with van der Waals surface area (Å²) in [5.74, 6) is 0.550. The van der Waals surface area contributed by atoms with Crippen LogP contribution in [0.2, 0.25) is 0 Å². The number of aliphatic hydroxyl groups is 1. The van der Waals surface area contributed by atoms with E-state index in [9.17, 15) is 4.79 Å². The van der Waals surface area contributed by atoms with Gasteiger partial charge in [0.1, 0.15) is 12.4 Å². The van der Waals surface area contributed by atoms with Crippen molar-refractivity contribution in [3.8, 4) is 5.75 Å². The molecule has 0 aliphatic rings. The van der Waals surface area contributed by atoms with Crippen LogP contribution in [0.3, 0.4) is 0 Å². The van der Waals surface area contributed by atoms with Gasteiger partial charge in [-0.25, -0.2) is 4.79 Å². The average Bonchev–Trinajstić information content (AvgIpc) is 2.72. The third kappa shape index (κ3) is 7.33. The third-order valence-electron chi connectivity index (χ3n) is 4.08. The van der Waals surface area contributed by atoms with Crippen molar-refractivity contribution >= 4 is 21.9 Å². The van der Waals surface area contributed by atoms with Crippen molar-refractivity contribution in [3.05, 3.63) is 63.6 Å². The Labute approximate surface area is 170 Å². The van der Waals surface area contributed by atoms with Gasteiger partial charge in [0.05, 0.1) is 12.7 Å². The summed E-state index contributed by atoms with van der Waals surface area (Å²) in [5, 5.41) is 7.00. The number of ether oxygens (including phenoxy) is 2. The molecule has 2 rings (SSSR count). The lowest BCUT2D eigenvalue weighted by atomic mass is 10.1. The lowest BCUT2D eigenvalue weighted by molar-refractivity contribution is 0.0600. The van der Waals surface area contributed by atoms with Gasteiger partial charge in [-0.3, -0.25) is 4.90 Å². The summed E-state index contributed by atoms with van der Waals surface area (Å²) in [4.78, 5) is 13.8. The third-order valence-corrected chi connectivity index (χ3v) is 4.57. The zero-order valence-corrected chi connectivity index (χ0v) is 18.0. The molecule has 1 N–H and O–H groups in total. The highest BCUT2D eigenvalue weighted by Gasteiger charge is 2.10. The van der Waals surface area contributed by atoms with E-state index in [-0.39, 0.29) is 5.97 Å². The number of rotatable bonds is 8. The van der Waals surface area contributed by atoms with Crippen LogP contribution in [0.5, 0.6) is 5.75 Å². The Hall–Kier alpha value is -1.89. The number of carbonyl (C=O) groups excluding carboxylic acids is 1. The van der Waals surface area contributed by atoms with Crippen LogP contribution in [0.15, 0.2) is 46.9 Å². The van der Waals surface area contributed by atoms with E-state index in [1.54, 1.807) is 12.1 Å². The molecular formula is C21H28BrNO4. The molecule has 0 amide bonds. The Morgan fingerprint density at radius 2 is 1.70 bits per heavy atom. The van der Waals surface area contributed by atoms with Crippen LogP contribution in [-0.4, -0.2) is 43.3 Å². The highest BCUT2D eigenvalue weighted by molar-refractivity contribution is 9.10. The van der Waals surface area contributed by atoms with E-state index in [4.69, 9.17) is 14.6 Å². The van der Waals surface area contributed by atoms with E-state index in [2.05, 4.69) is 40.7 Å². The van der Waals surface area contributed by atoms with Crippen LogP contribution in [0.4, 0.5) is 0 Å². The second-order valence-corrected chi connectivity index (χ2v) is 6.61. The number of carbonyl (C=O) groups is 1. The van der Waals surface area contributed by atoms with Crippen LogP contribution in [-0.2, 0) is 17.9 Å². The molecule has 0 aliphatic carbocycles. The Bertz CT molecular complexity index is 700. The van der Waals surface area contributed by atoms with Gasteiger partial charge in [-0.2, -0.15) is 0 Å². The summed E-state index contributed by atoms with van der Waals surface area (Å²) in [6.07, 6.45) is 0. The molecule has 0 spiro atoms. The first kappa shape index (κ1) is 23.1. The maximum Gasteiger partial charge on any atom is 0.337 e. The molecule has 148 valence electrons. The number of aliphatic hydroxyl groups excluding tert-OH is 1. The lowest BCUT2D eigenvalue weighted by Gasteiger charge is -2.20. The van der Waals surface area contributed by atoms with Crippen molar-refractivity contribution in [1.29, 1.82) is 0 Å². The number of halogens is 1. The average molecular weight is 438 g/mol. The largest absolute Gasteiger partial charge is 0.489 e. The molecule has 6 heteroatoms. The molecule has 27 heavy (non-hydrogen) atoms. The van der Waals surface area contributed by atoms with E-state index < -0.39 is 0 Å². The minimum absolute atomic E-state index is 0.332. The fourth-order valence-electron chi connectivity index (χ4n) is 2.52. The molecule has 0 aromatic heterocycles. The number of methoxy groups -OCH3 is 1. The highest BCUT2D eigenvalue weighted by atomic mass is 79.9. The van der Waals surface area contributed by atoms with Gasteiger partial charge in [0, 0.05) is 23.7 Å². The smallest absolute Gasteiger partial charge is 0.337 e. The summed E-state index contributed by atoms with van der Waals surface area (Å²) in [7, 11) is 2.38. The standard InChI is InChI=1S/C20H24BrNO3.CH4O/c1-4-22(5-2)13-17-12-18(21)10-11-19(17)25-14-15-6-8-16(9-7-15)20(23)24-3;1-2/h6-12H,4-5,13-14H2,1-3H3;2H,1H3. The molecule has 0 bridgehead atoms. The number of benzene rings is 2. The quantitative estimate of drug-likeness (QED) is 0.624. The summed E-state index contributed by atoms with van der Waals surface area (Å²) < 4.78 is 11.8. The van der Waals surface area contributed by atoms with Crippen LogP contribution in [0.1, 0.15) is 35.3 Å². The van der Waals surface area contributed by atoms with Crippen molar-refractivity contribution in [2.24, 2.45) is 0 Å². The molecule has 2 aromatic carbocycles. The molecule has 0 saturated carbocycles. The van der Waals surface area contributed by atoms with Gasteiger partial charge in [-0.05, 0) is 49.0 Å². The number of esters is 1. The van der Waals surface area contributed by atoms with Crippen molar-refractivity contribution in [1.82, 2.24) is 4.90 Å². The fraction of sp³-hybridized carbons (Fsp3) is 0.381. The van der Waals surface area contributed by atoms with E-state index in [0.717, 1.165) is 48.1 Å². The number of hydrogen-bond acceptors (Lipinski definition) is 5. The van der Waals surface area contributed by atoms with E-state index in [1.165, 1.54) is 7.11 Å². The topological polar surface area (TPSA) is 59.0 Å². The normalized spacial score (nSPS) is 10.2. The zero-order chi connectivity index (χ0) is 20.2. The van der Waals surface area contributed by atoms with E-state index >= 15 is 0 Å². The first-order valence-corrected chi connectivity index (χ1v) is 9.62. The molecule has 0 radical (unpaired) electrons. The monoisotopic (exact) mass is 437 g/mol. The van der Waals surface area contributed by atoms with Gasteiger partial charge in [0.2, 0.25) is 0 Å². The highest BCUT2D eigenvalue weighted by Crippen LogP contribution is 2.25. The van der Waals surface area contributed by atoms with Crippen LogP contribution >= 0.6 is 15.9 Å². The van der Waals surface area contributed by atoms with E-state index in [1.807, 2.05) is 24.3 Å². The Kier molecular flexibility index (Phi) is 10.7. The minimum Gasteiger partial charge on any atom is -0.489 e. The molecule has 0 saturated heterocycles. The van der Waals surface area contributed by atoms with Gasteiger partial charge >= 0.3 is 5.97 Å². The van der Waals surface area contributed by atoms with Crippen molar-refractivity contribution in [3.63, 3.8) is 0 Å². The molecule has 0 atom stereocenters. The zero-order valence-electron chi connectivity index (χ0n) is 16.4. The minimum atomic E-state index is -0.332. The molecule has 0 fully saturated rings.